The standard InChI is InChI=1S/C11H4Cl2F3N3/c12-7-2-1-5(4-18-7)9-6(3-17)8(13)10(19-9)11(14,15)16/h1-2,4,19H. The molecule has 0 aliphatic rings. The van der Waals surface area contributed by atoms with Crippen molar-refractivity contribution in [1.29, 1.82) is 5.26 Å². The van der Waals surface area contributed by atoms with Gasteiger partial charge in [-0.15, -0.1) is 0 Å². The third-order valence-corrected chi connectivity index (χ3v) is 2.95. The van der Waals surface area contributed by atoms with Crippen molar-refractivity contribution in [3.05, 3.63) is 39.8 Å². The van der Waals surface area contributed by atoms with E-state index in [9.17, 15) is 13.2 Å². The van der Waals surface area contributed by atoms with Crippen molar-refractivity contribution < 1.29 is 13.2 Å². The second kappa shape index (κ2) is 4.76. The van der Waals surface area contributed by atoms with Crippen LogP contribution < -0.4 is 0 Å². The fourth-order valence-electron chi connectivity index (χ4n) is 1.52. The van der Waals surface area contributed by atoms with E-state index in [1.807, 2.05) is 0 Å². The highest BCUT2D eigenvalue weighted by molar-refractivity contribution is 6.33. The monoisotopic (exact) mass is 305 g/mol. The summed E-state index contributed by atoms with van der Waals surface area (Å²) in [6, 6.07) is 4.49. The van der Waals surface area contributed by atoms with Gasteiger partial charge in [0.2, 0.25) is 0 Å². The lowest BCUT2D eigenvalue weighted by molar-refractivity contribution is -0.140. The molecular weight excluding hydrogens is 302 g/mol. The lowest BCUT2D eigenvalue weighted by atomic mass is 10.1. The molecule has 0 saturated carbocycles. The average molecular weight is 306 g/mol. The van der Waals surface area contributed by atoms with Crippen LogP contribution >= 0.6 is 23.2 Å². The molecule has 2 rings (SSSR count). The highest BCUT2D eigenvalue weighted by Gasteiger charge is 2.37. The lowest BCUT2D eigenvalue weighted by Crippen LogP contribution is -2.06. The maximum atomic E-state index is 12.7. The summed E-state index contributed by atoms with van der Waals surface area (Å²) in [6.45, 7) is 0. The van der Waals surface area contributed by atoms with Gasteiger partial charge in [-0.3, -0.25) is 0 Å². The van der Waals surface area contributed by atoms with Crippen LogP contribution in [0.1, 0.15) is 11.3 Å². The number of hydrogen-bond donors (Lipinski definition) is 1. The molecule has 0 amide bonds. The largest absolute Gasteiger partial charge is 0.432 e. The summed E-state index contributed by atoms with van der Waals surface area (Å²) < 4.78 is 38.1. The van der Waals surface area contributed by atoms with Crippen LogP contribution in [0, 0.1) is 11.3 Å². The molecule has 2 aromatic rings. The predicted molar refractivity (Wildman–Crippen MR) is 63.8 cm³/mol. The number of alkyl halides is 3. The van der Waals surface area contributed by atoms with Crippen LogP contribution in [0.2, 0.25) is 10.2 Å². The Kier molecular flexibility index (Phi) is 3.43. The van der Waals surface area contributed by atoms with E-state index in [4.69, 9.17) is 28.5 Å². The minimum atomic E-state index is -4.67. The highest BCUT2D eigenvalue weighted by atomic mass is 35.5. The van der Waals surface area contributed by atoms with E-state index < -0.39 is 16.9 Å². The summed E-state index contributed by atoms with van der Waals surface area (Å²) in [5, 5.41) is 8.46. The van der Waals surface area contributed by atoms with Crippen molar-refractivity contribution in [2.75, 3.05) is 0 Å². The minimum absolute atomic E-state index is 0.0380. The average Bonchev–Trinajstić information content (AvgIpc) is 2.67. The van der Waals surface area contributed by atoms with E-state index in [0.29, 0.717) is 5.56 Å². The Morgan fingerprint density at radius 2 is 1.95 bits per heavy atom. The van der Waals surface area contributed by atoms with E-state index >= 15 is 0 Å². The van der Waals surface area contributed by atoms with Crippen molar-refractivity contribution in [3.8, 4) is 17.3 Å². The number of nitriles is 1. The zero-order valence-corrected chi connectivity index (χ0v) is 10.5. The number of halogens is 5. The third-order valence-electron chi connectivity index (χ3n) is 2.35. The highest BCUT2D eigenvalue weighted by Crippen LogP contribution is 2.39. The van der Waals surface area contributed by atoms with Gasteiger partial charge < -0.3 is 4.98 Å². The Morgan fingerprint density at radius 1 is 1.26 bits per heavy atom. The summed E-state index contributed by atoms with van der Waals surface area (Å²) in [4.78, 5) is 5.86. The fourth-order valence-corrected chi connectivity index (χ4v) is 1.92. The van der Waals surface area contributed by atoms with Gasteiger partial charge in [0.05, 0.1) is 16.3 Å². The topological polar surface area (TPSA) is 52.5 Å². The Balaban J connectivity index is 2.65. The molecule has 0 atom stereocenters. The van der Waals surface area contributed by atoms with E-state index in [1.165, 1.54) is 18.3 Å². The van der Waals surface area contributed by atoms with Crippen LogP contribution in [0.4, 0.5) is 13.2 Å². The number of aromatic amines is 1. The zero-order chi connectivity index (χ0) is 14.2. The molecule has 2 aromatic heterocycles. The number of hydrogen-bond acceptors (Lipinski definition) is 2. The normalized spacial score (nSPS) is 11.4. The molecule has 98 valence electrons. The second-order valence-corrected chi connectivity index (χ2v) is 4.31. The lowest BCUT2D eigenvalue weighted by Gasteiger charge is -2.03. The van der Waals surface area contributed by atoms with Gasteiger partial charge in [0.15, 0.2) is 0 Å². The zero-order valence-electron chi connectivity index (χ0n) is 9.02. The number of pyridine rings is 1. The molecule has 19 heavy (non-hydrogen) atoms. The van der Waals surface area contributed by atoms with Crippen LogP contribution in [0.15, 0.2) is 18.3 Å². The molecule has 0 fully saturated rings. The van der Waals surface area contributed by atoms with Gasteiger partial charge in [-0.05, 0) is 12.1 Å². The third kappa shape index (κ3) is 2.53. The minimum Gasteiger partial charge on any atom is -0.349 e. The number of H-pyrrole nitrogens is 1. The first-order chi connectivity index (χ1) is 8.84. The van der Waals surface area contributed by atoms with Crippen LogP contribution in [0.3, 0.4) is 0 Å². The molecule has 0 spiro atoms. The first-order valence-electron chi connectivity index (χ1n) is 4.85. The summed E-state index contributed by atoms with van der Waals surface area (Å²) >= 11 is 11.2. The van der Waals surface area contributed by atoms with Crippen molar-refractivity contribution in [3.63, 3.8) is 0 Å². The molecular formula is C11H4Cl2F3N3. The van der Waals surface area contributed by atoms with Gasteiger partial charge in [-0.1, -0.05) is 23.2 Å². The number of nitrogens with one attached hydrogen (secondary N) is 1. The number of aromatic nitrogens is 2. The fraction of sp³-hybridized carbons (Fsp3) is 0.0909. The molecule has 1 N–H and O–H groups in total. The quantitative estimate of drug-likeness (QED) is 0.800. The molecule has 0 saturated heterocycles. The van der Waals surface area contributed by atoms with Crippen molar-refractivity contribution in [2.24, 2.45) is 0 Å². The van der Waals surface area contributed by atoms with Crippen molar-refractivity contribution in [2.45, 2.75) is 6.18 Å². The SMILES string of the molecule is N#Cc1c(-c2ccc(Cl)nc2)[nH]c(C(F)(F)F)c1Cl. The Morgan fingerprint density at radius 3 is 2.42 bits per heavy atom. The van der Waals surface area contributed by atoms with Crippen LogP contribution in [0.5, 0.6) is 0 Å². The predicted octanol–water partition coefficient (Wildman–Crippen LogP) is 4.27. The van der Waals surface area contributed by atoms with Crippen LogP contribution in [0.25, 0.3) is 11.3 Å². The summed E-state index contributed by atoms with van der Waals surface area (Å²) in [7, 11) is 0. The molecule has 2 heterocycles. The van der Waals surface area contributed by atoms with Crippen LogP contribution in [-0.4, -0.2) is 9.97 Å². The number of rotatable bonds is 1. The van der Waals surface area contributed by atoms with E-state index in [1.54, 1.807) is 6.07 Å². The molecule has 3 nitrogen and oxygen atoms in total. The maximum absolute atomic E-state index is 12.7. The van der Waals surface area contributed by atoms with Gasteiger partial charge >= 0.3 is 6.18 Å². The summed E-state index contributed by atoms with van der Waals surface area (Å²) in [5.41, 5.74) is -1.18. The molecule has 0 radical (unpaired) electrons. The molecule has 0 unspecified atom stereocenters. The molecule has 0 aliphatic heterocycles. The van der Waals surface area contributed by atoms with E-state index in [2.05, 4.69) is 9.97 Å². The van der Waals surface area contributed by atoms with E-state index in [0.717, 1.165) is 0 Å². The molecule has 8 heteroatoms. The first kappa shape index (κ1) is 13.7. The van der Waals surface area contributed by atoms with Gasteiger partial charge in [0.25, 0.3) is 0 Å². The number of nitrogens with zero attached hydrogens (tertiary/aromatic N) is 2. The van der Waals surface area contributed by atoms with Gasteiger partial charge in [0.1, 0.15) is 16.9 Å². The molecule has 0 aliphatic carbocycles. The maximum Gasteiger partial charge on any atom is 0.432 e. The Bertz CT molecular complexity index is 654. The Labute approximate surface area is 115 Å². The first-order valence-corrected chi connectivity index (χ1v) is 5.61. The second-order valence-electron chi connectivity index (χ2n) is 3.54. The van der Waals surface area contributed by atoms with Gasteiger partial charge in [-0.2, -0.15) is 18.4 Å². The van der Waals surface area contributed by atoms with Crippen molar-refractivity contribution >= 4 is 23.2 Å². The van der Waals surface area contributed by atoms with Gasteiger partial charge in [0, 0.05) is 11.8 Å². The summed E-state index contributed by atoms with van der Waals surface area (Å²) in [5.74, 6) is 0. The smallest absolute Gasteiger partial charge is 0.349 e. The van der Waals surface area contributed by atoms with Crippen molar-refractivity contribution in [1.82, 2.24) is 9.97 Å². The summed E-state index contributed by atoms with van der Waals surface area (Å²) in [6.07, 6.45) is -3.41. The van der Waals surface area contributed by atoms with Crippen LogP contribution in [-0.2, 0) is 6.18 Å². The Hall–Kier alpha value is -1.71. The molecule has 0 bridgehead atoms. The van der Waals surface area contributed by atoms with Gasteiger partial charge in [-0.25, -0.2) is 4.98 Å². The molecule has 0 aromatic carbocycles. The van der Waals surface area contributed by atoms with E-state index in [-0.39, 0.29) is 16.4 Å².